The molecule has 25 heavy (non-hydrogen) atoms. The Morgan fingerprint density at radius 2 is 2.00 bits per heavy atom. The highest BCUT2D eigenvalue weighted by atomic mass is 35.5. The summed E-state index contributed by atoms with van der Waals surface area (Å²) in [5, 5.41) is 3.46. The first kappa shape index (κ1) is 15.9. The minimum absolute atomic E-state index is 0.165. The molecule has 0 spiro atoms. The van der Waals surface area contributed by atoms with E-state index < -0.39 is 6.10 Å². The SMILES string of the molecule is O=C(NCCOc1ccc2c(c1)OCO2)C1Cc2cc(Cl)ccc2O1. The first-order chi connectivity index (χ1) is 12.2. The number of rotatable bonds is 5. The van der Waals surface area contributed by atoms with Gasteiger partial charge >= 0.3 is 0 Å². The van der Waals surface area contributed by atoms with Gasteiger partial charge in [0.25, 0.3) is 5.91 Å². The van der Waals surface area contributed by atoms with Gasteiger partial charge in [-0.3, -0.25) is 4.79 Å². The maximum absolute atomic E-state index is 12.2. The summed E-state index contributed by atoms with van der Waals surface area (Å²) in [6, 6.07) is 10.7. The normalized spacial score (nSPS) is 16.9. The molecule has 1 atom stereocenters. The summed E-state index contributed by atoms with van der Waals surface area (Å²) < 4.78 is 21.8. The molecule has 2 aliphatic rings. The van der Waals surface area contributed by atoms with E-state index in [1.807, 2.05) is 6.07 Å². The van der Waals surface area contributed by atoms with Crippen molar-refractivity contribution >= 4 is 17.5 Å². The molecule has 0 aromatic heterocycles. The summed E-state index contributed by atoms with van der Waals surface area (Å²) in [5.74, 6) is 2.58. The van der Waals surface area contributed by atoms with Gasteiger partial charge in [0.05, 0.1) is 6.54 Å². The molecule has 6 nitrogen and oxygen atoms in total. The molecule has 0 aliphatic carbocycles. The molecule has 2 heterocycles. The molecule has 0 bridgehead atoms. The topological polar surface area (TPSA) is 66.0 Å². The van der Waals surface area contributed by atoms with Crippen LogP contribution in [0, 0.1) is 0 Å². The van der Waals surface area contributed by atoms with Crippen molar-refractivity contribution in [1.29, 1.82) is 0 Å². The van der Waals surface area contributed by atoms with Crippen molar-refractivity contribution in [1.82, 2.24) is 5.32 Å². The van der Waals surface area contributed by atoms with Crippen molar-refractivity contribution in [2.75, 3.05) is 19.9 Å². The van der Waals surface area contributed by atoms with Gasteiger partial charge in [0.1, 0.15) is 18.1 Å². The highest BCUT2D eigenvalue weighted by molar-refractivity contribution is 6.30. The lowest BCUT2D eigenvalue weighted by Crippen LogP contribution is -2.39. The van der Waals surface area contributed by atoms with Crippen LogP contribution >= 0.6 is 11.6 Å². The lowest BCUT2D eigenvalue weighted by atomic mass is 10.1. The van der Waals surface area contributed by atoms with Crippen molar-refractivity contribution in [3.05, 3.63) is 47.0 Å². The Balaban J connectivity index is 1.23. The first-order valence-corrected chi connectivity index (χ1v) is 8.32. The zero-order valence-corrected chi connectivity index (χ0v) is 14.0. The molecule has 0 fully saturated rings. The van der Waals surface area contributed by atoms with E-state index in [0.717, 1.165) is 5.56 Å². The molecule has 0 radical (unpaired) electrons. The summed E-state index contributed by atoms with van der Waals surface area (Å²) >= 11 is 5.96. The Bertz CT molecular complexity index is 810. The van der Waals surface area contributed by atoms with Crippen LogP contribution in [0.25, 0.3) is 0 Å². The lowest BCUT2D eigenvalue weighted by molar-refractivity contribution is -0.127. The lowest BCUT2D eigenvalue weighted by Gasteiger charge is -2.12. The number of hydrogen-bond acceptors (Lipinski definition) is 5. The quantitative estimate of drug-likeness (QED) is 0.829. The molecule has 1 amide bonds. The monoisotopic (exact) mass is 361 g/mol. The molecule has 2 aromatic carbocycles. The van der Waals surface area contributed by atoms with E-state index in [2.05, 4.69) is 5.32 Å². The summed E-state index contributed by atoms with van der Waals surface area (Å²) in [5.41, 5.74) is 0.948. The van der Waals surface area contributed by atoms with Gasteiger partial charge in [-0.1, -0.05) is 11.6 Å². The average Bonchev–Trinajstić information content (AvgIpc) is 3.24. The Labute approximate surface area is 149 Å². The predicted molar refractivity (Wildman–Crippen MR) is 90.6 cm³/mol. The van der Waals surface area contributed by atoms with Crippen LogP contribution in [0.3, 0.4) is 0 Å². The fourth-order valence-electron chi connectivity index (χ4n) is 2.79. The second kappa shape index (κ2) is 6.72. The van der Waals surface area contributed by atoms with E-state index in [1.54, 1.807) is 30.3 Å². The number of benzene rings is 2. The van der Waals surface area contributed by atoms with Crippen molar-refractivity contribution in [3.8, 4) is 23.0 Å². The third kappa shape index (κ3) is 3.44. The number of nitrogens with one attached hydrogen (secondary N) is 1. The van der Waals surface area contributed by atoms with Crippen LogP contribution in [-0.4, -0.2) is 32.0 Å². The van der Waals surface area contributed by atoms with Crippen molar-refractivity contribution in [3.63, 3.8) is 0 Å². The fourth-order valence-corrected chi connectivity index (χ4v) is 2.98. The number of ether oxygens (including phenoxy) is 4. The van der Waals surface area contributed by atoms with Crippen LogP contribution < -0.4 is 24.3 Å². The number of hydrogen-bond donors (Lipinski definition) is 1. The maximum atomic E-state index is 12.2. The highest BCUT2D eigenvalue weighted by Crippen LogP contribution is 2.35. The zero-order valence-electron chi connectivity index (χ0n) is 13.3. The second-order valence-electron chi connectivity index (χ2n) is 5.72. The van der Waals surface area contributed by atoms with E-state index in [9.17, 15) is 4.79 Å². The first-order valence-electron chi connectivity index (χ1n) is 7.94. The van der Waals surface area contributed by atoms with E-state index in [1.165, 1.54) is 0 Å². The molecule has 1 N–H and O–H groups in total. The number of halogens is 1. The van der Waals surface area contributed by atoms with E-state index >= 15 is 0 Å². The molecule has 0 saturated heterocycles. The van der Waals surface area contributed by atoms with Gasteiger partial charge in [0.2, 0.25) is 6.79 Å². The Morgan fingerprint density at radius 3 is 2.92 bits per heavy atom. The third-order valence-electron chi connectivity index (χ3n) is 4.00. The zero-order chi connectivity index (χ0) is 17.2. The Morgan fingerprint density at radius 1 is 1.16 bits per heavy atom. The van der Waals surface area contributed by atoms with Crippen molar-refractivity contribution < 1.29 is 23.7 Å². The summed E-state index contributed by atoms with van der Waals surface area (Å²) in [6.07, 6.45) is -0.0101. The fraction of sp³-hybridized carbons (Fsp3) is 0.278. The molecule has 4 rings (SSSR count). The average molecular weight is 362 g/mol. The number of carbonyl (C=O) groups is 1. The van der Waals surface area contributed by atoms with Crippen LogP contribution in [0.1, 0.15) is 5.56 Å². The number of fused-ring (bicyclic) bond motifs is 2. The van der Waals surface area contributed by atoms with Crippen LogP contribution in [-0.2, 0) is 11.2 Å². The van der Waals surface area contributed by atoms with E-state index in [-0.39, 0.29) is 12.7 Å². The Kier molecular flexibility index (Phi) is 4.28. The highest BCUT2D eigenvalue weighted by Gasteiger charge is 2.28. The predicted octanol–water partition coefficient (Wildman–Crippen LogP) is 2.57. The van der Waals surface area contributed by atoms with E-state index in [4.69, 9.17) is 30.5 Å². The smallest absolute Gasteiger partial charge is 0.261 e. The molecular weight excluding hydrogens is 346 g/mol. The summed E-state index contributed by atoms with van der Waals surface area (Å²) in [6.45, 7) is 0.949. The summed E-state index contributed by atoms with van der Waals surface area (Å²) in [4.78, 5) is 12.2. The maximum Gasteiger partial charge on any atom is 0.261 e. The third-order valence-corrected chi connectivity index (χ3v) is 4.24. The van der Waals surface area contributed by atoms with Gasteiger partial charge in [0, 0.05) is 17.5 Å². The van der Waals surface area contributed by atoms with Crippen molar-refractivity contribution in [2.24, 2.45) is 0 Å². The summed E-state index contributed by atoms with van der Waals surface area (Å²) in [7, 11) is 0. The largest absolute Gasteiger partial charge is 0.492 e. The van der Waals surface area contributed by atoms with Crippen LogP contribution in [0.2, 0.25) is 5.02 Å². The standard InChI is InChI=1S/C18H16ClNO5/c19-12-1-3-14-11(7-12)8-17(25-14)18(21)20-5-6-22-13-2-4-15-16(9-13)24-10-23-15/h1-4,7,9,17H,5-6,8,10H2,(H,20,21). The molecule has 1 unspecified atom stereocenters. The molecule has 2 aliphatic heterocycles. The molecule has 0 saturated carbocycles. The van der Waals surface area contributed by atoms with Crippen LogP contribution in [0.15, 0.2) is 36.4 Å². The number of carbonyl (C=O) groups excluding carboxylic acids is 1. The Hall–Kier alpha value is -2.60. The van der Waals surface area contributed by atoms with Gasteiger partial charge in [-0.25, -0.2) is 0 Å². The second-order valence-corrected chi connectivity index (χ2v) is 6.15. The van der Waals surface area contributed by atoms with Gasteiger partial charge < -0.3 is 24.3 Å². The number of amides is 1. The van der Waals surface area contributed by atoms with Crippen LogP contribution in [0.4, 0.5) is 0 Å². The molecule has 2 aromatic rings. The van der Waals surface area contributed by atoms with E-state index in [0.29, 0.717) is 47.6 Å². The minimum atomic E-state index is -0.529. The van der Waals surface area contributed by atoms with Gasteiger partial charge in [-0.05, 0) is 35.9 Å². The van der Waals surface area contributed by atoms with Crippen LogP contribution in [0.5, 0.6) is 23.0 Å². The molecule has 130 valence electrons. The minimum Gasteiger partial charge on any atom is -0.492 e. The molecule has 7 heteroatoms. The molecular formula is C18H16ClNO5. The van der Waals surface area contributed by atoms with Crippen molar-refractivity contribution in [2.45, 2.75) is 12.5 Å². The van der Waals surface area contributed by atoms with Gasteiger partial charge in [0.15, 0.2) is 17.6 Å². The van der Waals surface area contributed by atoms with Gasteiger partial charge in [-0.15, -0.1) is 0 Å². The van der Waals surface area contributed by atoms with Gasteiger partial charge in [-0.2, -0.15) is 0 Å².